The van der Waals surface area contributed by atoms with Crippen LogP contribution in [0, 0.1) is 0 Å². The molecule has 1 N–H and O–H groups in total. The minimum atomic E-state index is 0.448. The van der Waals surface area contributed by atoms with Gasteiger partial charge in [-0.2, -0.15) is 0 Å². The first kappa shape index (κ1) is 13.8. The predicted molar refractivity (Wildman–Crippen MR) is 81.1 cm³/mol. The van der Waals surface area contributed by atoms with Crippen molar-refractivity contribution >= 4 is 27.5 Å². The summed E-state index contributed by atoms with van der Waals surface area (Å²) in [5.74, 6) is 1.01. The first-order valence-electron chi connectivity index (χ1n) is 6.38. The van der Waals surface area contributed by atoms with E-state index in [0.29, 0.717) is 29.2 Å². The van der Waals surface area contributed by atoms with Crippen molar-refractivity contribution in [1.82, 2.24) is 15.3 Å². The van der Waals surface area contributed by atoms with Crippen LogP contribution in [-0.4, -0.2) is 16.0 Å². The van der Waals surface area contributed by atoms with Crippen LogP contribution in [0.5, 0.6) is 11.6 Å². The van der Waals surface area contributed by atoms with Gasteiger partial charge in [0.15, 0.2) is 0 Å². The van der Waals surface area contributed by atoms with Crippen LogP contribution >= 0.6 is 27.5 Å². The van der Waals surface area contributed by atoms with E-state index >= 15 is 0 Å². The minimum absolute atomic E-state index is 0.448. The van der Waals surface area contributed by atoms with Crippen LogP contribution in [-0.2, 0) is 6.54 Å². The lowest BCUT2D eigenvalue weighted by Gasteiger charge is -2.08. The van der Waals surface area contributed by atoms with Crippen molar-refractivity contribution in [3.8, 4) is 11.6 Å². The summed E-state index contributed by atoms with van der Waals surface area (Å²) < 4.78 is 6.58. The molecule has 0 bridgehead atoms. The number of nitrogens with one attached hydrogen (secondary N) is 1. The van der Waals surface area contributed by atoms with Gasteiger partial charge >= 0.3 is 0 Å². The topological polar surface area (TPSA) is 47.0 Å². The number of hydrogen-bond donors (Lipinski definition) is 1. The number of benzene rings is 1. The van der Waals surface area contributed by atoms with E-state index in [1.165, 1.54) is 12.8 Å². The number of hydrogen-bond acceptors (Lipinski definition) is 4. The van der Waals surface area contributed by atoms with Gasteiger partial charge in [0.05, 0.1) is 16.9 Å². The van der Waals surface area contributed by atoms with Crippen molar-refractivity contribution in [2.24, 2.45) is 0 Å². The molecule has 0 aliphatic heterocycles. The third-order valence-electron chi connectivity index (χ3n) is 2.92. The molecule has 2 aromatic rings. The highest BCUT2D eigenvalue weighted by molar-refractivity contribution is 9.10. The van der Waals surface area contributed by atoms with E-state index in [1.54, 1.807) is 24.5 Å². The minimum Gasteiger partial charge on any atom is -0.436 e. The van der Waals surface area contributed by atoms with Crippen LogP contribution in [0.3, 0.4) is 0 Å². The number of nitrogens with zero attached hydrogens (tertiary/aromatic N) is 2. The molecular formula is C14H13BrClN3O. The molecule has 1 fully saturated rings. The summed E-state index contributed by atoms with van der Waals surface area (Å²) in [6, 6.07) is 6.08. The second-order valence-corrected chi connectivity index (χ2v) is 6.00. The van der Waals surface area contributed by atoms with E-state index < -0.39 is 0 Å². The van der Waals surface area contributed by atoms with Gasteiger partial charge in [0, 0.05) is 23.3 Å². The number of ether oxygens (including phenoxy) is 1. The van der Waals surface area contributed by atoms with Gasteiger partial charge in [0.2, 0.25) is 5.88 Å². The quantitative estimate of drug-likeness (QED) is 0.883. The van der Waals surface area contributed by atoms with Crippen LogP contribution in [0.15, 0.2) is 35.1 Å². The highest BCUT2D eigenvalue weighted by Crippen LogP contribution is 2.30. The lowest BCUT2D eigenvalue weighted by molar-refractivity contribution is 0.456. The molecule has 1 heterocycles. The summed E-state index contributed by atoms with van der Waals surface area (Å²) in [5.41, 5.74) is 0.864. The number of aromatic nitrogens is 2. The van der Waals surface area contributed by atoms with Crippen molar-refractivity contribution in [2.75, 3.05) is 0 Å². The molecule has 0 atom stereocenters. The Balaban J connectivity index is 1.70. The van der Waals surface area contributed by atoms with Gasteiger partial charge in [-0.1, -0.05) is 27.5 Å². The Morgan fingerprint density at radius 1 is 1.35 bits per heavy atom. The molecule has 0 radical (unpaired) electrons. The Kier molecular flexibility index (Phi) is 4.19. The maximum Gasteiger partial charge on any atom is 0.238 e. The Morgan fingerprint density at radius 3 is 2.95 bits per heavy atom. The molecule has 0 amide bonds. The largest absolute Gasteiger partial charge is 0.436 e. The van der Waals surface area contributed by atoms with Gasteiger partial charge < -0.3 is 10.1 Å². The lowest BCUT2D eigenvalue weighted by Crippen LogP contribution is -2.16. The number of rotatable bonds is 5. The molecule has 1 aliphatic carbocycles. The van der Waals surface area contributed by atoms with Crippen LogP contribution in [0.2, 0.25) is 5.02 Å². The van der Waals surface area contributed by atoms with E-state index in [9.17, 15) is 0 Å². The zero-order chi connectivity index (χ0) is 13.9. The molecule has 104 valence electrons. The second kappa shape index (κ2) is 6.08. The van der Waals surface area contributed by atoms with Gasteiger partial charge in [-0.25, -0.2) is 4.98 Å². The Morgan fingerprint density at radius 2 is 2.20 bits per heavy atom. The first-order chi connectivity index (χ1) is 9.70. The summed E-state index contributed by atoms with van der Waals surface area (Å²) >= 11 is 9.47. The van der Waals surface area contributed by atoms with E-state index in [-0.39, 0.29) is 0 Å². The second-order valence-electron chi connectivity index (χ2n) is 4.68. The first-order valence-corrected chi connectivity index (χ1v) is 7.55. The average Bonchev–Trinajstić information content (AvgIpc) is 3.24. The van der Waals surface area contributed by atoms with Gasteiger partial charge in [0.1, 0.15) is 5.75 Å². The fourth-order valence-electron chi connectivity index (χ4n) is 1.73. The molecule has 4 nitrogen and oxygen atoms in total. The molecule has 1 saturated carbocycles. The zero-order valence-corrected chi connectivity index (χ0v) is 13.0. The summed E-state index contributed by atoms with van der Waals surface area (Å²) in [6.07, 6.45) is 5.82. The fraction of sp³-hybridized carbons (Fsp3) is 0.286. The molecular weight excluding hydrogens is 342 g/mol. The molecule has 1 aromatic heterocycles. The van der Waals surface area contributed by atoms with Gasteiger partial charge in [-0.15, -0.1) is 0 Å². The van der Waals surface area contributed by atoms with Crippen LogP contribution in [0.4, 0.5) is 0 Å². The van der Waals surface area contributed by atoms with E-state index in [0.717, 1.165) is 10.2 Å². The van der Waals surface area contributed by atoms with Crippen molar-refractivity contribution in [2.45, 2.75) is 25.4 Å². The molecule has 6 heteroatoms. The average molecular weight is 355 g/mol. The van der Waals surface area contributed by atoms with Crippen LogP contribution in [0.25, 0.3) is 0 Å². The van der Waals surface area contributed by atoms with Crippen LogP contribution in [0.1, 0.15) is 18.5 Å². The summed E-state index contributed by atoms with van der Waals surface area (Å²) in [5, 5.41) is 3.92. The van der Waals surface area contributed by atoms with Gasteiger partial charge in [-0.3, -0.25) is 4.98 Å². The smallest absolute Gasteiger partial charge is 0.238 e. The molecule has 3 rings (SSSR count). The van der Waals surface area contributed by atoms with Crippen molar-refractivity contribution in [3.63, 3.8) is 0 Å². The normalized spacial score (nSPS) is 14.3. The highest BCUT2D eigenvalue weighted by Gasteiger charge is 2.20. The van der Waals surface area contributed by atoms with E-state index in [2.05, 4.69) is 31.2 Å². The maximum atomic E-state index is 6.11. The Hall–Kier alpha value is -1.17. The number of halogens is 2. The molecule has 0 spiro atoms. The molecule has 1 aliphatic rings. The molecule has 1 aromatic carbocycles. The van der Waals surface area contributed by atoms with Gasteiger partial charge in [-0.05, 0) is 31.0 Å². The standard InChI is InChI=1S/C14H13BrClN3O/c15-9-1-4-13(12(16)5-9)20-14-8-17-6-11(19-14)7-18-10-2-3-10/h1,4-6,8,10,18H,2-3,7H2. The van der Waals surface area contributed by atoms with Crippen molar-refractivity contribution < 1.29 is 4.74 Å². The van der Waals surface area contributed by atoms with E-state index in [4.69, 9.17) is 16.3 Å². The lowest BCUT2D eigenvalue weighted by atomic mass is 10.3. The summed E-state index contributed by atoms with van der Waals surface area (Å²) in [6.45, 7) is 0.711. The monoisotopic (exact) mass is 353 g/mol. The summed E-state index contributed by atoms with van der Waals surface area (Å²) in [4.78, 5) is 8.56. The third kappa shape index (κ3) is 3.69. The van der Waals surface area contributed by atoms with E-state index in [1.807, 2.05) is 6.07 Å². The summed E-state index contributed by atoms with van der Waals surface area (Å²) in [7, 11) is 0. The zero-order valence-electron chi connectivity index (χ0n) is 10.6. The Labute approximate surface area is 130 Å². The molecule has 20 heavy (non-hydrogen) atoms. The molecule has 0 saturated heterocycles. The predicted octanol–water partition coefficient (Wildman–Crippen LogP) is 3.94. The molecule has 0 unspecified atom stereocenters. The SMILES string of the molecule is Clc1cc(Br)ccc1Oc1cncc(CNC2CC2)n1. The van der Waals surface area contributed by atoms with Crippen molar-refractivity contribution in [1.29, 1.82) is 0 Å². The fourth-order valence-corrected chi connectivity index (χ4v) is 2.44. The van der Waals surface area contributed by atoms with Crippen LogP contribution < -0.4 is 10.1 Å². The van der Waals surface area contributed by atoms with Crippen molar-refractivity contribution in [3.05, 3.63) is 45.8 Å². The third-order valence-corrected chi connectivity index (χ3v) is 3.71. The highest BCUT2D eigenvalue weighted by atomic mass is 79.9. The van der Waals surface area contributed by atoms with Gasteiger partial charge in [0.25, 0.3) is 0 Å². The Bertz CT molecular complexity index is 619. The maximum absolute atomic E-state index is 6.11.